The van der Waals surface area contributed by atoms with Crippen LogP contribution in [-0.4, -0.2) is 34.2 Å². The van der Waals surface area contributed by atoms with E-state index in [2.05, 4.69) is 9.71 Å². The Morgan fingerprint density at radius 1 is 0.848 bits per heavy atom. The summed E-state index contributed by atoms with van der Waals surface area (Å²) >= 11 is 0. The number of oxazole rings is 1. The maximum atomic E-state index is 13.2. The van der Waals surface area contributed by atoms with Crippen molar-refractivity contribution in [2.75, 3.05) is 20.8 Å². The highest BCUT2D eigenvalue weighted by atomic mass is 32.2. The second kappa shape index (κ2) is 9.89. The molecule has 0 fully saturated rings. The van der Waals surface area contributed by atoms with Crippen LogP contribution in [0.25, 0.3) is 22.8 Å². The second-order valence-electron chi connectivity index (χ2n) is 7.19. The normalized spacial score (nSPS) is 11.3. The lowest BCUT2D eigenvalue weighted by atomic mass is 10.1. The average molecular weight is 465 g/mol. The standard InChI is InChI=1S/C25H24N2O5S/c1-30-21-15-9-14-19(22(21)31-2)16-17-26-33(28,29)25-23(18-10-5-3-6-11-18)32-24(27-25)20-12-7-4-8-13-20/h3-15,26H,16-17H2,1-2H3. The number of ether oxygens (including phenoxy) is 2. The highest BCUT2D eigenvalue weighted by molar-refractivity contribution is 7.89. The Labute approximate surface area is 193 Å². The Bertz CT molecular complexity index is 1320. The number of benzene rings is 3. The minimum Gasteiger partial charge on any atom is -0.493 e. The van der Waals surface area contributed by atoms with E-state index in [-0.39, 0.29) is 23.2 Å². The lowest BCUT2D eigenvalue weighted by molar-refractivity contribution is 0.351. The van der Waals surface area contributed by atoms with E-state index in [1.54, 1.807) is 32.4 Å². The maximum Gasteiger partial charge on any atom is 0.262 e. The fourth-order valence-corrected chi connectivity index (χ4v) is 4.62. The largest absolute Gasteiger partial charge is 0.493 e. The van der Waals surface area contributed by atoms with Gasteiger partial charge in [0.2, 0.25) is 10.9 Å². The number of hydrogen-bond acceptors (Lipinski definition) is 6. The van der Waals surface area contributed by atoms with E-state index in [0.717, 1.165) is 5.56 Å². The quantitative estimate of drug-likeness (QED) is 0.391. The predicted octanol–water partition coefficient (Wildman–Crippen LogP) is 4.55. The summed E-state index contributed by atoms with van der Waals surface area (Å²) in [5.74, 6) is 1.61. The van der Waals surface area contributed by atoms with Gasteiger partial charge in [0.25, 0.3) is 10.0 Å². The van der Waals surface area contributed by atoms with Crippen LogP contribution in [0.1, 0.15) is 5.56 Å². The Hall–Kier alpha value is -3.62. The fourth-order valence-electron chi connectivity index (χ4n) is 3.50. The van der Waals surface area contributed by atoms with Gasteiger partial charge in [0.15, 0.2) is 17.3 Å². The van der Waals surface area contributed by atoms with Crippen LogP contribution in [0.2, 0.25) is 0 Å². The van der Waals surface area contributed by atoms with Gasteiger partial charge in [-0.1, -0.05) is 60.7 Å². The average Bonchev–Trinajstić information content (AvgIpc) is 3.31. The van der Waals surface area contributed by atoms with Gasteiger partial charge in [-0.2, -0.15) is 4.98 Å². The van der Waals surface area contributed by atoms with Gasteiger partial charge in [-0.05, 0) is 30.2 Å². The Morgan fingerprint density at radius 3 is 2.15 bits per heavy atom. The topological polar surface area (TPSA) is 90.7 Å². The molecule has 1 heterocycles. The lowest BCUT2D eigenvalue weighted by Gasteiger charge is -2.12. The Kier molecular flexibility index (Phi) is 6.76. The third-order valence-corrected chi connectivity index (χ3v) is 6.45. The molecule has 0 amide bonds. The SMILES string of the molecule is COc1cccc(CCNS(=O)(=O)c2nc(-c3ccccc3)oc2-c2ccccc2)c1OC. The summed E-state index contributed by atoms with van der Waals surface area (Å²) in [6.45, 7) is 0.146. The van der Waals surface area contributed by atoms with Gasteiger partial charge in [0.1, 0.15) is 0 Å². The summed E-state index contributed by atoms with van der Waals surface area (Å²) in [5.41, 5.74) is 2.15. The molecule has 1 N–H and O–H groups in total. The summed E-state index contributed by atoms with van der Waals surface area (Å²) in [6, 6.07) is 23.8. The van der Waals surface area contributed by atoms with E-state index < -0.39 is 10.0 Å². The van der Waals surface area contributed by atoms with Crippen LogP contribution in [0.3, 0.4) is 0 Å². The van der Waals surface area contributed by atoms with E-state index >= 15 is 0 Å². The minimum absolute atomic E-state index is 0.146. The number of rotatable bonds is 9. The summed E-state index contributed by atoms with van der Waals surface area (Å²) in [7, 11) is -0.845. The van der Waals surface area contributed by atoms with Gasteiger partial charge in [-0.3, -0.25) is 0 Å². The zero-order valence-corrected chi connectivity index (χ0v) is 19.1. The molecule has 0 atom stereocenters. The van der Waals surface area contributed by atoms with Crippen LogP contribution in [-0.2, 0) is 16.4 Å². The predicted molar refractivity (Wildman–Crippen MR) is 126 cm³/mol. The van der Waals surface area contributed by atoms with Crippen LogP contribution in [0.5, 0.6) is 11.5 Å². The number of nitrogens with one attached hydrogen (secondary N) is 1. The molecule has 4 aromatic rings. The van der Waals surface area contributed by atoms with Crippen LogP contribution in [0.4, 0.5) is 0 Å². The van der Waals surface area contributed by atoms with Crippen LogP contribution < -0.4 is 14.2 Å². The third-order valence-electron chi connectivity index (χ3n) is 5.08. The molecule has 170 valence electrons. The summed E-state index contributed by atoms with van der Waals surface area (Å²) in [5, 5.41) is -0.148. The highest BCUT2D eigenvalue weighted by Crippen LogP contribution is 2.33. The minimum atomic E-state index is -3.96. The third kappa shape index (κ3) is 4.92. The zero-order chi connectivity index (χ0) is 23.3. The first-order chi connectivity index (χ1) is 16.0. The molecule has 3 aromatic carbocycles. The Morgan fingerprint density at radius 2 is 1.52 bits per heavy atom. The zero-order valence-electron chi connectivity index (χ0n) is 18.3. The van der Waals surface area contributed by atoms with Crippen molar-refractivity contribution >= 4 is 10.0 Å². The molecule has 0 bridgehead atoms. The molecule has 0 aliphatic heterocycles. The van der Waals surface area contributed by atoms with Crippen molar-refractivity contribution < 1.29 is 22.3 Å². The van der Waals surface area contributed by atoms with Crippen molar-refractivity contribution in [2.24, 2.45) is 0 Å². The molecule has 0 spiro atoms. The molecule has 0 saturated heterocycles. The number of aromatic nitrogens is 1. The number of para-hydroxylation sites is 1. The molecular formula is C25H24N2O5S. The molecule has 0 unspecified atom stereocenters. The summed E-state index contributed by atoms with van der Waals surface area (Å²) in [6.07, 6.45) is 0.406. The fraction of sp³-hybridized carbons (Fsp3) is 0.160. The van der Waals surface area contributed by atoms with Gasteiger partial charge >= 0.3 is 0 Å². The van der Waals surface area contributed by atoms with Gasteiger partial charge < -0.3 is 13.9 Å². The molecular weight excluding hydrogens is 440 g/mol. The van der Waals surface area contributed by atoms with Crippen molar-refractivity contribution in [1.29, 1.82) is 0 Å². The molecule has 0 aliphatic rings. The number of methoxy groups -OCH3 is 2. The van der Waals surface area contributed by atoms with Crippen molar-refractivity contribution in [3.05, 3.63) is 84.4 Å². The van der Waals surface area contributed by atoms with E-state index in [9.17, 15) is 8.42 Å². The molecule has 0 saturated carbocycles. The first kappa shape index (κ1) is 22.6. The molecule has 7 nitrogen and oxygen atoms in total. The van der Waals surface area contributed by atoms with Crippen LogP contribution >= 0.6 is 0 Å². The monoisotopic (exact) mass is 464 g/mol. The smallest absolute Gasteiger partial charge is 0.262 e. The number of hydrogen-bond donors (Lipinski definition) is 1. The van der Waals surface area contributed by atoms with Gasteiger partial charge in [-0.25, -0.2) is 13.1 Å². The van der Waals surface area contributed by atoms with E-state index in [4.69, 9.17) is 13.9 Å². The summed E-state index contributed by atoms with van der Waals surface area (Å²) < 4.78 is 45.8. The Balaban J connectivity index is 1.63. The molecule has 0 aliphatic carbocycles. The molecule has 1 aromatic heterocycles. The van der Waals surface area contributed by atoms with Gasteiger partial charge in [0, 0.05) is 17.7 Å². The second-order valence-corrected chi connectivity index (χ2v) is 8.87. The van der Waals surface area contributed by atoms with E-state index in [1.807, 2.05) is 60.7 Å². The van der Waals surface area contributed by atoms with E-state index in [1.165, 1.54) is 0 Å². The van der Waals surface area contributed by atoms with Crippen molar-refractivity contribution in [2.45, 2.75) is 11.4 Å². The summed E-state index contributed by atoms with van der Waals surface area (Å²) in [4.78, 5) is 4.35. The van der Waals surface area contributed by atoms with Gasteiger partial charge in [-0.15, -0.1) is 0 Å². The van der Waals surface area contributed by atoms with Crippen LogP contribution in [0, 0.1) is 0 Å². The lowest BCUT2D eigenvalue weighted by Crippen LogP contribution is -2.27. The van der Waals surface area contributed by atoms with Crippen LogP contribution in [0.15, 0.2) is 88.3 Å². The molecule has 8 heteroatoms. The number of sulfonamides is 1. The van der Waals surface area contributed by atoms with E-state index in [0.29, 0.717) is 29.0 Å². The van der Waals surface area contributed by atoms with Gasteiger partial charge in [0.05, 0.1) is 14.2 Å². The molecule has 4 rings (SSSR count). The number of nitrogens with zero attached hydrogens (tertiary/aromatic N) is 1. The first-order valence-electron chi connectivity index (χ1n) is 10.3. The highest BCUT2D eigenvalue weighted by Gasteiger charge is 2.27. The van der Waals surface area contributed by atoms with Crippen molar-refractivity contribution in [3.8, 4) is 34.3 Å². The van der Waals surface area contributed by atoms with Crippen molar-refractivity contribution in [1.82, 2.24) is 9.71 Å². The molecule has 33 heavy (non-hydrogen) atoms. The maximum absolute atomic E-state index is 13.2. The van der Waals surface area contributed by atoms with Crippen molar-refractivity contribution in [3.63, 3.8) is 0 Å². The first-order valence-corrected chi connectivity index (χ1v) is 11.8. The molecule has 0 radical (unpaired) electrons.